The Bertz CT molecular complexity index is 694. The van der Waals surface area contributed by atoms with Crippen LogP contribution in [0.15, 0.2) is 34.9 Å². The lowest BCUT2D eigenvalue weighted by atomic mass is 10.1. The molecule has 1 N–H and O–H groups in total. The van der Waals surface area contributed by atoms with Crippen LogP contribution < -0.4 is 5.32 Å². The fourth-order valence-corrected chi connectivity index (χ4v) is 2.01. The number of hydrogen-bond donors (Lipinski definition) is 1. The molecule has 1 aromatic heterocycles. The zero-order chi connectivity index (χ0) is 16.8. The Morgan fingerprint density at radius 1 is 1.26 bits per heavy atom. The third kappa shape index (κ3) is 4.18. The summed E-state index contributed by atoms with van der Waals surface area (Å²) in [6.07, 6.45) is 2.41. The molecule has 0 aliphatic heterocycles. The number of hydrogen-bond acceptors (Lipinski definition) is 4. The molecule has 0 aliphatic rings. The molecule has 0 atom stereocenters. The van der Waals surface area contributed by atoms with Crippen molar-refractivity contribution in [2.75, 3.05) is 13.6 Å². The lowest BCUT2D eigenvalue weighted by Gasteiger charge is -2.14. The normalized spacial score (nSPS) is 10.4. The average molecular weight is 315 g/mol. The van der Waals surface area contributed by atoms with Gasteiger partial charge in [-0.25, -0.2) is 4.98 Å². The fourth-order valence-electron chi connectivity index (χ4n) is 2.01. The first kappa shape index (κ1) is 16.7. The number of rotatable bonds is 6. The summed E-state index contributed by atoms with van der Waals surface area (Å²) < 4.78 is 5.44. The Labute approximate surface area is 135 Å². The molecule has 1 aromatic carbocycles. The van der Waals surface area contributed by atoms with Crippen LogP contribution in [0, 0.1) is 0 Å². The van der Waals surface area contributed by atoms with Crippen molar-refractivity contribution >= 4 is 11.8 Å². The van der Waals surface area contributed by atoms with Crippen LogP contribution in [0.3, 0.4) is 0 Å². The highest BCUT2D eigenvalue weighted by atomic mass is 16.4. The molecule has 23 heavy (non-hydrogen) atoms. The number of nitrogens with one attached hydrogen (secondary N) is 1. The van der Waals surface area contributed by atoms with Gasteiger partial charge in [0.1, 0.15) is 5.76 Å². The highest BCUT2D eigenvalue weighted by Crippen LogP contribution is 2.09. The lowest BCUT2D eigenvalue weighted by molar-refractivity contribution is 0.0802. The second-order valence-corrected chi connectivity index (χ2v) is 5.16. The van der Waals surface area contributed by atoms with Crippen molar-refractivity contribution in [2.24, 2.45) is 0 Å². The van der Waals surface area contributed by atoms with Gasteiger partial charge in [0, 0.05) is 31.1 Å². The van der Waals surface area contributed by atoms with Crippen molar-refractivity contribution in [1.29, 1.82) is 0 Å². The molecule has 0 aliphatic carbocycles. The zero-order valence-electron chi connectivity index (χ0n) is 13.6. The summed E-state index contributed by atoms with van der Waals surface area (Å²) in [5, 5.41) is 2.74. The van der Waals surface area contributed by atoms with Crippen molar-refractivity contribution in [3.05, 3.63) is 53.2 Å². The van der Waals surface area contributed by atoms with E-state index in [2.05, 4.69) is 10.3 Å². The standard InChI is InChI=1S/C17H21N3O3/c1-4-14-10-18-15(23-14)11-19-16(21)12-7-6-8-13(9-12)17(22)20(3)5-2/h6-10H,4-5,11H2,1-3H3,(H,19,21). The van der Waals surface area contributed by atoms with Crippen molar-refractivity contribution in [3.63, 3.8) is 0 Å². The molecule has 0 saturated carbocycles. The summed E-state index contributed by atoms with van der Waals surface area (Å²) in [5.41, 5.74) is 0.925. The van der Waals surface area contributed by atoms with Crippen molar-refractivity contribution in [2.45, 2.75) is 26.8 Å². The van der Waals surface area contributed by atoms with Gasteiger partial charge >= 0.3 is 0 Å². The van der Waals surface area contributed by atoms with Gasteiger partial charge < -0.3 is 14.6 Å². The minimum Gasteiger partial charge on any atom is -0.444 e. The highest BCUT2D eigenvalue weighted by Gasteiger charge is 2.13. The van der Waals surface area contributed by atoms with Gasteiger partial charge in [-0.2, -0.15) is 0 Å². The van der Waals surface area contributed by atoms with Gasteiger partial charge in [0.05, 0.1) is 12.7 Å². The predicted octanol–water partition coefficient (Wildman–Crippen LogP) is 2.26. The molecule has 6 nitrogen and oxygen atoms in total. The van der Waals surface area contributed by atoms with Gasteiger partial charge in [0.2, 0.25) is 5.89 Å². The van der Waals surface area contributed by atoms with Crippen molar-refractivity contribution in [3.8, 4) is 0 Å². The van der Waals surface area contributed by atoms with Gasteiger partial charge in [-0.15, -0.1) is 0 Å². The molecule has 0 radical (unpaired) electrons. The minimum absolute atomic E-state index is 0.109. The smallest absolute Gasteiger partial charge is 0.253 e. The molecule has 0 fully saturated rings. The van der Waals surface area contributed by atoms with E-state index in [-0.39, 0.29) is 18.4 Å². The minimum atomic E-state index is -0.268. The van der Waals surface area contributed by atoms with E-state index in [0.717, 1.165) is 12.2 Å². The molecule has 2 aromatic rings. The van der Waals surface area contributed by atoms with Crippen LogP contribution in [0.4, 0.5) is 0 Å². The highest BCUT2D eigenvalue weighted by molar-refractivity contribution is 5.99. The Kier molecular flexibility index (Phi) is 5.51. The third-order valence-electron chi connectivity index (χ3n) is 3.54. The second kappa shape index (κ2) is 7.58. The Morgan fingerprint density at radius 3 is 2.65 bits per heavy atom. The molecule has 1 heterocycles. The van der Waals surface area contributed by atoms with E-state index in [1.54, 1.807) is 42.4 Å². The maximum absolute atomic E-state index is 12.2. The number of amides is 2. The largest absolute Gasteiger partial charge is 0.444 e. The fraction of sp³-hybridized carbons (Fsp3) is 0.353. The number of carbonyl (C=O) groups is 2. The van der Waals surface area contributed by atoms with Gasteiger partial charge in [-0.3, -0.25) is 9.59 Å². The Morgan fingerprint density at radius 2 is 2.00 bits per heavy atom. The van der Waals surface area contributed by atoms with E-state index >= 15 is 0 Å². The van der Waals surface area contributed by atoms with Gasteiger partial charge in [-0.1, -0.05) is 13.0 Å². The SMILES string of the molecule is CCc1cnc(CNC(=O)c2cccc(C(=O)N(C)CC)c2)o1. The van der Waals surface area contributed by atoms with E-state index in [0.29, 0.717) is 23.6 Å². The Hall–Kier alpha value is -2.63. The molecule has 6 heteroatoms. The van der Waals surface area contributed by atoms with E-state index in [1.165, 1.54) is 0 Å². The first-order valence-corrected chi connectivity index (χ1v) is 7.62. The van der Waals surface area contributed by atoms with E-state index < -0.39 is 0 Å². The van der Waals surface area contributed by atoms with E-state index in [9.17, 15) is 9.59 Å². The number of benzene rings is 1. The molecule has 0 spiro atoms. The molecule has 2 amide bonds. The Balaban J connectivity index is 2.03. The molecule has 122 valence electrons. The van der Waals surface area contributed by atoms with E-state index in [1.807, 2.05) is 13.8 Å². The number of aryl methyl sites for hydroxylation is 1. The second-order valence-electron chi connectivity index (χ2n) is 5.16. The van der Waals surface area contributed by atoms with Gasteiger partial charge in [0.25, 0.3) is 11.8 Å². The maximum Gasteiger partial charge on any atom is 0.253 e. The molecule has 0 bridgehead atoms. The van der Waals surface area contributed by atoms with Crippen molar-refractivity contribution in [1.82, 2.24) is 15.2 Å². The van der Waals surface area contributed by atoms with Crippen LogP contribution in [0.1, 0.15) is 46.2 Å². The quantitative estimate of drug-likeness (QED) is 0.887. The van der Waals surface area contributed by atoms with Gasteiger partial charge in [-0.05, 0) is 25.1 Å². The number of carbonyl (C=O) groups excluding carboxylic acids is 2. The lowest BCUT2D eigenvalue weighted by Crippen LogP contribution is -2.27. The van der Waals surface area contributed by atoms with Crippen LogP contribution in [-0.2, 0) is 13.0 Å². The summed E-state index contributed by atoms with van der Waals surface area (Å²) in [7, 11) is 1.73. The van der Waals surface area contributed by atoms with Crippen LogP contribution >= 0.6 is 0 Å². The number of oxazole rings is 1. The first-order valence-electron chi connectivity index (χ1n) is 7.62. The molecular formula is C17H21N3O3. The van der Waals surface area contributed by atoms with Crippen LogP contribution in [0.2, 0.25) is 0 Å². The van der Waals surface area contributed by atoms with E-state index in [4.69, 9.17) is 4.42 Å². The summed E-state index contributed by atoms with van der Waals surface area (Å²) in [5.74, 6) is 0.870. The summed E-state index contributed by atoms with van der Waals surface area (Å²) in [4.78, 5) is 30.0. The predicted molar refractivity (Wildman–Crippen MR) is 86.1 cm³/mol. The summed E-state index contributed by atoms with van der Waals surface area (Å²) in [6, 6.07) is 6.67. The molecule has 0 unspecified atom stereocenters. The average Bonchev–Trinajstić information content (AvgIpc) is 3.06. The molecule has 0 saturated heterocycles. The van der Waals surface area contributed by atoms with Crippen molar-refractivity contribution < 1.29 is 14.0 Å². The molecule has 2 rings (SSSR count). The third-order valence-corrected chi connectivity index (χ3v) is 3.54. The zero-order valence-corrected chi connectivity index (χ0v) is 13.6. The van der Waals surface area contributed by atoms with Crippen LogP contribution in [0.25, 0.3) is 0 Å². The number of aromatic nitrogens is 1. The van der Waals surface area contributed by atoms with Gasteiger partial charge in [0.15, 0.2) is 0 Å². The first-order chi connectivity index (χ1) is 11.0. The molecular weight excluding hydrogens is 294 g/mol. The van der Waals surface area contributed by atoms with Crippen LogP contribution in [0.5, 0.6) is 0 Å². The number of nitrogens with zero attached hydrogens (tertiary/aromatic N) is 2. The summed E-state index contributed by atoms with van der Waals surface area (Å²) in [6.45, 7) is 4.69. The topological polar surface area (TPSA) is 75.4 Å². The monoisotopic (exact) mass is 315 g/mol. The van der Waals surface area contributed by atoms with Crippen LogP contribution in [-0.4, -0.2) is 35.3 Å². The summed E-state index contributed by atoms with van der Waals surface area (Å²) >= 11 is 0. The maximum atomic E-state index is 12.2.